The summed E-state index contributed by atoms with van der Waals surface area (Å²) < 4.78 is 21.6. The molecule has 1 N–H and O–H groups in total. The van der Waals surface area contributed by atoms with Crippen molar-refractivity contribution in [2.75, 3.05) is 32.4 Å². The van der Waals surface area contributed by atoms with Crippen LogP contribution in [0.2, 0.25) is 0 Å². The molecule has 2 aromatic carbocycles. The molecule has 10 heteroatoms. The Hall–Kier alpha value is -3.66. The molecule has 0 atom stereocenters. The molecule has 3 amide bonds. The molecule has 0 unspecified atom stereocenters. The zero-order valence-corrected chi connectivity index (χ0v) is 19.6. The number of carbonyl (C=O) groups excluding carboxylic acids is 3. The zero-order valence-electron chi connectivity index (χ0n) is 18.8. The highest BCUT2D eigenvalue weighted by Crippen LogP contribution is 2.36. The Labute approximate surface area is 201 Å². The van der Waals surface area contributed by atoms with Gasteiger partial charge in [-0.2, -0.15) is 0 Å². The van der Waals surface area contributed by atoms with Gasteiger partial charge < -0.3 is 24.3 Å². The van der Waals surface area contributed by atoms with Crippen LogP contribution in [0.3, 0.4) is 0 Å². The third-order valence-electron chi connectivity index (χ3n) is 5.07. The number of benzene rings is 2. The van der Waals surface area contributed by atoms with Crippen LogP contribution in [0.4, 0.5) is 10.5 Å². The van der Waals surface area contributed by atoms with Gasteiger partial charge in [0.05, 0.1) is 18.6 Å². The maximum absolute atomic E-state index is 12.8. The van der Waals surface area contributed by atoms with Crippen LogP contribution in [-0.4, -0.2) is 49.0 Å². The summed E-state index contributed by atoms with van der Waals surface area (Å²) >= 11 is 0.786. The van der Waals surface area contributed by atoms with E-state index in [2.05, 4.69) is 12.2 Å². The van der Waals surface area contributed by atoms with Crippen LogP contribution in [-0.2, 0) is 9.59 Å². The van der Waals surface area contributed by atoms with Crippen LogP contribution < -0.4 is 24.3 Å². The van der Waals surface area contributed by atoms with Crippen molar-refractivity contribution in [3.05, 3.63) is 46.9 Å². The number of fused-ring (bicyclic) bond motifs is 1. The molecule has 0 saturated carbocycles. The zero-order chi connectivity index (χ0) is 24.1. The van der Waals surface area contributed by atoms with Crippen molar-refractivity contribution >= 4 is 40.6 Å². The maximum Gasteiger partial charge on any atom is 0.294 e. The number of methoxy groups -OCH3 is 1. The first kappa shape index (κ1) is 23.5. The van der Waals surface area contributed by atoms with E-state index in [0.29, 0.717) is 40.9 Å². The van der Waals surface area contributed by atoms with Crippen LogP contribution in [0, 0.1) is 0 Å². The van der Waals surface area contributed by atoms with E-state index in [4.69, 9.17) is 18.9 Å². The summed E-state index contributed by atoms with van der Waals surface area (Å²) in [5.41, 5.74) is 1.15. The molecular formula is C24H24N2O7S. The fourth-order valence-electron chi connectivity index (χ4n) is 3.33. The summed E-state index contributed by atoms with van der Waals surface area (Å²) in [5.74, 6) is 1.22. The van der Waals surface area contributed by atoms with Crippen molar-refractivity contribution < 1.29 is 33.3 Å². The lowest BCUT2D eigenvalue weighted by atomic mass is 10.2. The van der Waals surface area contributed by atoms with E-state index in [1.165, 1.54) is 0 Å². The number of thioether (sulfide) groups is 1. The molecule has 1 fully saturated rings. The number of nitrogens with zero attached hydrogens (tertiary/aromatic N) is 1. The van der Waals surface area contributed by atoms with Gasteiger partial charge >= 0.3 is 0 Å². The van der Waals surface area contributed by atoms with E-state index in [1.807, 2.05) is 0 Å². The lowest BCUT2D eigenvalue weighted by molar-refractivity contribution is -0.127. The van der Waals surface area contributed by atoms with Crippen LogP contribution in [0.15, 0.2) is 41.3 Å². The summed E-state index contributed by atoms with van der Waals surface area (Å²) in [4.78, 5) is 38.8. The number of nitrogens with one attached hydrogen (secondary N) is 1. The minimum Gasteiger partial charge on any atom is -0.493 e. The van der Waals surface area contributed by atoms with Crippen LogP contribution in [0.25, 0.3) is 6.08 Å². The van der Waals surface area contributed by atoms with Crippen molar-refractivity contribution in [3.8, 4) is 23.0 Å². The number of rotatable bonds is 9. The van der Waals surface area contributed by atoms with Crippen LogP contribution >= 0.6 is 11.8 Å². The molecule has 2 heterocycles. The minimum atomic E-state index is -0.530. The molecule has 1 saturated heterocycles. The highest BCUT2D eigenvalue weighted by atomic mass is 32.2. The van der Waals surface area contributed by atoms with Gasteiger partial charge in [-0.1, -0.05) is 19.4 Å². The topological polar surface area (TPSA) is 103 Å². The summed E-state index contributed by atoms with van der Waals surface area (Å²) in [6.07, 6.45) is 3.55. The number of carbonyl (C=O) groups is 3. The van der Waals surface area contributed by atoms with Gasteiger partial charge in [-0.05, 0) is 54.1 Å². The predicted molar refractivity (Wildman–Crippen MR) is 127 cm³/mol. The fraction of sp³-hybridized carbons (Fsp3) is 0.292. The molecule has 9 nitrogen and oxygen atoms in total. The van der Waals surface area contributed by atoms with Crippen LogP contribution in [0.1, 0.15) is 25.3 Å². The molecule has 34 heavy (non-hydrogen) atoms. The highest BCUT2D eigenvalue weighted by molar-refractivity contribution is 8.18. The van der Waals surface area contributed by atoms with Gasteiger partial charge in [0.1, 0.15) is 6.54 Å². The number of amides is 3. The summed E-state index contributed by atoms with van der Waals surface area (Å²) in [6, 6.07) is 10.2. The fourth-order valence-corrected chi connectivity index (χ4v) is 4.16. The second-order valence-electron chi connectivity index (χ2n) is 7.50. The van der Waals surface area contributed by atoms with E-state index in [0.717, 1.165) is 29.5 Å². The Balaban J connectivity index is 1.41. The van der Waals surface area contributed by atoms with Crippen molar-refractivity contribution in [2.45, 2.75) is 19.8 Å². The standard InChI is InChI=1S/C24H24N2O7S/c1-3-4-9-31-17-7-5-15(10-19(17)30-2)11-21-23(28)26(24(29)34-21)13-22(27)25-16-6-8-18-20(12-16)33-14-32-18/h5-8,10-12H,3-4,9,13-14H2,1-2H3,(H,25,27)/b21-11+. The number of imide groups is 1. The number of anilines is 1. The molecule has 0 aliphatic carbocycles. The van der Waals surface area contributed by atoms with E-state index < -0.39 is 23.6 Å². The maximum atomic E-state index is 12.8. The van der Waals surface area contributed by atoms with Crippen molar-refractivity contribution in [3.63, 3.8) is 0 Å². The van der Waals surface area contributed by atoms with E-state index in [1.54, 1.807) is 49.6 Å². The Morgan fingerprint density at radius 3 is 2.76 bits per heavy atom. The van der Waals surface area contributed by atoms with Gasteiger partial charge in [0.15, 0.2) is 23.0 Å². The second-order valence-corrected chi connectivity index (χ2v) is 8.49. The molecule has 4 rings (SSSR count). The minimum absolute atomic E-state index is 0.121. The molecule has 0 radical (unpaired) electrons. The normalized spacial score (nSPS) is 15.7. The third-order valence-corrected chi connectivity index (χ3v) is 5.98. The monoisotopic (exact) mass is 484 g/mol. The number of hydrogen-bond donors (Lipinski definition) is 1. The first-order valence-corrected chi connectivity index (χ1v) is 11.6. The predicted octanol–water partition coefficient (Wildman–Crippen LogP) is 4.28. The largest absolute Gasteiger partial charge is 0.493 e. The van der Waals surface area contributed by atoms with Gasteiger partial charge in [-0.3, -0.25) is 19.3 Å². The summed E-state index contributed by atoms with van der Waals surface area (Å²) in [5, 5.41) is 2.16. The molecule has 2 aliphatic rings. The Morgan fingerprint density at radius 2 is 1.97 bits per heavy atom. The highest BCUT2D eigenvalue weighted by Gasteiger charge is 2.36. The molecule has 2 aliphatic heterocycles. The van der Waals surface area contributed by atoms with Crippen molar-refractivity contribution in [1.82, 2.24) is 4.90 Å². The smallest absolute Gasteiger partial charge is 0.294 e. The van der Waals surface area contributed by atoms with Gasteiger partial charge in [-0.15, -0.1) is 0 Å². The third kappa shape index (κ3) is 5.28. The summed E-state index contributed by atoms with van der Waals surface area (Å²) in [7, 11) is 1.54. The van der Waals surface area contributed by atoms with E-state index in [9.17, 15) is 14.4 Å². The number of unbranched alkanes of at least 4 members (excludes halogenated alkanes) is 1. The van der Waals surface area contributed by atoms with Gasteiger partial charge in [0.25, 0.3) is 11.1 Å². The molecule has 0 bridgehead atoms. The second kappa shape index (κ2) is 10.5. The van der Waals surface area contributed by atoms with Crippen molar-refractivity contribution in [2.24, 2.45) is 0 Å². The summed E-state index contributed by atoms with van der Waals surface area (Å²) in [6.45, 7) is 2.39. The molecule has 0 spiro atoms. The number of ether oxygens (including phenoxy) is 4. The van der Waals surface area contributed by atoms with Crippen molar-refractivity contribution in [1.29, 1.82) is 0 Å². The Bertz CT molecular complexity index is 1150. The van der Waals surface area contributed by atoms with Gasteiger partial charge in [-0.25, -0.2) is 0 Å². The molecule has 0 aromatic heterocycles. The SMILES string of the molecule is CCCCOc1ccc(/C=C2/SC(=O)N(CC(=O)Nc3ccc4c(c3)OCO4)C2=O)cc1OC. The number of hydrogen-bond acceptors (Lipinski definition) is 8. The van der Waals surface area contributed by atoms with E-state index in [-0.39, 0.29) is 11.7 Å². The lowest BCUT2D eigenvalue weighted by Crippen LogP contribution is -2.36. The first-order valence-electron chi connectivity index (χ1n) is 10.7. The van der Waals surface area contributed by atoms with Gasteiger partial charge in [0.2, 0.25) is 12.7 Å². The molecule has 178 valence electrons. The first-order chi connectivity index (χ1) is 16.5. The lowest BCUT2D eigenvalue weighted by Gasteiger charge is -2.13. The van der Waals surface area contributed by atoms with Crippen LogP contribution in [0.5, 0.6) is 23.0 Å². The molecule has 2 aromatic rings. The quantitative estimate of drug-likeness (QED) is 0.416. The Morgan fingerprint density at radius 1 is 1.15 bits per heavy atom. The average molecular weight is 485 g/mol. The average Bonchev–Trinajstić information content (AvgIpc) is 3.39. The van der Waals surface area contributed by atoms with E-state index >= 15 is 0 Å². The molecular weight excluding hydrogens is 460 g/mol. The van der Waals surface area contributed by atoms with Gasteiger partial charge in [0, 0.05) is 11.8 Å². The Kier molecular flexibility index (Phi) is 7.27.